The molecule has 2 aromatic rings. The molecule has 0 atom stereocenters. The molecule has 3 heterocycles. The molecule has 0 saturated heterocycles. The second kappa shape index (κ2) is 4.96. The van der Waals surface area contributed by atoms with Gasteiger partial charge in [0.2, 0.25) is 5.28 Å². The monoisotopic (exact) mass is 264 g/mol. The molecule has 6 heteroatoms. The van der Waals surface area contributed by atoms with E-state index in [1.807, 2.05) is 12.1 Å². The van der Waals surface area contributed by atoms with E-state index in [1.165, 1.54) is 0 Å². The van der Waals surface area contributed by atoms with Crippen molar-refractivity contribution < 1.29 is 4.42 Å². The predicted molar refractivity (Wildman–Crippen MR) is 68.5 cm³/mol. The van der Waals surface area contributed by atoms with E-state index >= 15 is 0 Å². The maximum absolute atomic E-state index is 5.94. The van der Waals surface area contributed by atoms with E-state index in [2.05, 4.69) is 20.6 Å². The lowest BCUT2D eigenvalue weighted by Gasteiger charge is -2.19. The summed E-state index contributed by atoms with van der Waals surface area (Å²) in [7, 11) is 0. The third-order valence-corrected chi connectivity index (χ3v) is 3.09. The van der Waals surface area contributed by atoms with Gasteiger partial charge in [0.25, 0.3) is 0 Å². The van der Waals surface area contributed by atoms with Crippen LogP contribution < -0.4 is 10.6 Å². The van der Waals surface area contributed by atoms with Gasteiger partial charge in [-0.25, -0.2) is 9.97 Å². The maximum atomic E-state index is 5.94. The van der Waals surface area contributed by atoms with E-state index in [0.29, 0.717) is 6.54 Å². The zero-order chi connectivity index (χ0) is 12.4. The molecule has 1 aliphatic rings. The fourth-order valence-electron chi connectivity index (χ4n) is 2.04. The smallest absolute Gasteiger partial charge is 0.224 e. The number of halogens is 1. The van der Waals surface area contributed by atoms with Gasteiger partial charge in [-0.1, -0.05) is 0 Å². The zero-order valence-corrected chi connectivity index (χ0v) is 10.5. The summed E-state index contributed by atoms with van der Waals surface area (Å²) in [5, 5.41) is 6.84. The fourth-order valence-corrected chi connectivity index (χ4v) is 2.23. The first-order valence-electron chi connectivity index (χ1n) is 5.85. The van der Waals surface area contributed by atoms with Gasteiger partial charge in [-0.05, 0) is 23.7 Å². The Morgan fingerprint density at radius 1 is 1.44 bits per heavy atom. The number of rotatable bonds is 3. The highest BCUT2D eigenvalue weighted by molar-refractivity contribution is 6.28. The van der Waals surface area contributed by atoms with Gasteiger partial charge >= 0.3 is 0 Å². The van der Waals surface area contributed by atoms with E-state index in [4.69, 9.17) is 16.0 Å². The molecule has 0 bridgehead atoms. The Kier molecular flexibility index (Phi) is 3.17. The molecular formula is C12H13ClN4O. The topological polar surface area (TPSA) is 63.0 Å². The summed E-state index contributed by atoms with van der Waals surface area (Å²) in [5.74, 6) is 1.65. The minimum absolute atomic E-state index is 0.289. The van der Waals surface area contributed by atoms with E-state index in [1.54, 1.807) is 6.26 Å². The van der Waals surface area contributed by atoms with Crippen LogP contribution in [-0.4, -0.2) is 16.5 Å². The Labute approximate surface area is 110 Å². The molecule has 1 aliphatic heterocycles. The van der Waals surface area contributed by atoms with Crippen molar-refractivity contribution in [3.8, 4) is 0 Å². The molecule has 0 unspecified atom stereocenters. The van der Waals surface area contributed by atoms with Crippen LogP contribution in [-0.2, 0) is 19.5 Å². The minimum Gasteiger partial charge on any atom is -0.467 e. The fraction of sp³-hybridized carbons (Fsp3) is 0.333. The van der Waals surface area contributed by atoms with Crippen LogP contribution in [0.1, 0.15) is 17.0 Å². The first-order chi connectivity index (χ1) is 8.83. The van der Waals surface area contributed by atoms with Crippen molar-refractivity contribution in [2.75, 3.05) is 11.9 Å². The SMILES string of the molecule is Clc1nc2c(c(NCc3ccco3)n1)CNCC2. The van der Waals surface area contributed by atoms with Gasteiger partial charge in [-0.3, -0.25) is 0 Å². The highest BCUT2D eigenvalue weighted by Gasteiger charge is 2.16. The predicted octanol–water partition coefficient (Wildman–Crippen LogP) is 1.98. The lowest BCUT2D eigenvalue weighted by Crippen LogP contribution is -2.26. The average Bonchev–Trinajstić information content (AvgIpc) is 2.89. The summed E-state index contributed by atoms with van der Waals surface area (Å²) in [4.78, 5) is 8.52. The number of aromatic nitrogens is 2. The van der Waals surface area contributed by atoms with Gasteiger partial charge in [0, 0.05) is 25.1 Å². The van der Waals surface area contributed by atoms with Crippen molar-refractivity contribution in [1.29, 1.82) is 0 Å². The van der Waals surface area contributed by atoms with Crippen molar-refractivity contribution in [3.63, 3.8) is 0 Å². The molecule has 0 spiro atoms. The van der Waals surface area contributed by atoms with Crippen molar-refractivity contribution in [2.24, 2.45) is 0 Å². The molecular weight excluding hydrogens is 252 g/mol. The molecule has 0 saturated carbocycles. The minimum atomic E-state index is 0.289. The highest BCUT2D eigenvalue weighted by Crippen LogP contribution is 2.22. The Hall–Kier alpha value is -1.59. The molecule has 0 aromatic carbocycles. The molecule has 18 heavy (non-hydrogen) atoms. The van der Waals surface area contributed by atoms with Gasteiger partial charge in [0.1, 0.15) is 11.6 Å². The highest BCUT2D eigenvalue weighted by atomic mass is 35.5. The molecule has 0 radical (unpaired) electrons. The molecule has 3 rings (SSSR count). The summed E-state index contributed by atoms with van der Waals surface area (Å²) in [6.45, 7) is 2.29. The summed E-state index contributed by atoms with van der Waals surface area (Å²) in [6, 6.07) is 3.78. The van der Waals surface area contributed by atoms with Crippen LogP contribution in [0.3, 0.4) is 0 Å². The molecule has 2 aromatic heterocycles. The molecule has 2 N–H and O–H groups in total. The van der Waals surface area contributed by atoms with Crippen molar-refractivity contribution in [2.45, 2.75) is 19.5 Å². The molecule has 0 amide bonds. The van der Waals surface area contributed by atoms with Crippen molar-refractivity contribution in [3.05, 3.63) is 40.7 Å². The number of nitrogens with one attached hydrogen (secondary N) is 2. The van der Waals surface area contributed by atoms with Crippen LogP contribution in [0, 0.1) is 0 Å². The Bertz CT molecular complexity index is 541. The quantitative estimate of drug-likeness (QED) is 0.830. The van der Waals surface area contributed by atoms with Gasteiger partial charge in [0.15, 0.2) is 0 Å². The molecule has 5 nitrogen and oxygen atoms in total. The number of hydrogen-bond acceptors (Lipinski definition) is 5. The molecule has 0 aliphatic carbocycles. The van der Waals surface area contributed by atoms with E-state index < -0.39 is 0 Å². The first-order valence-corrected chi connectivity index (χ1v) is 6.23. The van der Waals surface area contributed by atoms with Crippen LogP contribution >= 0.6 is 11.6 Å². The number of nitrogens with zero attached hydrogens (tertiary/aromatic N) is 2. The summed E-state index contributed by atoms with van der Waals surface area (Å²) in [6.07, 6.45) is 2.54. The average molecular weight is 265 g/mol. The summed E-state index contributed by atoms with van der Waals surface area (Å²) < 4.78 is 5.28. The van der Waals surface area contributed by atoms with Gasteiger partial charge in [-0.15, -0.1) is 0 Å². The summed E-state index contributed by atoms with van der Waals surface area (Å²) >= 11 is 5.94. The molecule has 0 fully saturated rings. The molecule has 94 valence electrons. The van der Waals surface area contributed by atoms with Crippen LogP contribution in [0.2, 0.25) is 5.28 Å². The van der Waals surface area contributed by atoms with Crippen molar-refractivity contribution >= 4 is 17.4 Å². The van der Waals surface area contributed by atoms with Crippen LogP contribution in [0.25, 0.3) is 0 Å². The zero-order valence-electron chi connectivity index (χ0n) is 9.74. The Morgan fingerprint density at radius 3 is 3.22 bits per heavy atom. The van der Waals surface area contributed by atoms with E-state index in [-0.39, 0.29) is 5.28 Å². The van der Waals surface area contributed by atoms with Crippen LogP contribution in [0.15, 0.2) is 22.8 Å². The van der Waals surface area contributed by atoms with Crippen LogP contribution in [0.4, 0.5) is 5.82 Å². The van der Waals surface area contributed by atoms with Gasteiger partial charge in [-0.2, -0.15) is 0 Å². The first kappa shape index (κ1) is 11.5. The summed E-state index contributed by atoms with van der Waals surface area (Å²) in [5.41, 5.74) is 2.12. The van der Waals surface area contributed by atoms with Gasteiger partial charge < -0.3 is 15.1 Å². The number of furan rings is 1. The van der Waals surface area contributed by atoms with Crippen molar-refractivity contribution in [1.82, 2.24) is 15.3 Å². The van der Waals surface area contributed by atoms with E-state index in [0.717, 1.165) is 42.3 Å². The second-order valence-electron chi connectivity index (χ2n) is 4.13. The Balaban J connectivity index is 1.84. The third kappa shape index (κ3) is 2.32. The second-order valence-corrected chi connectivity index (χ2v) is 4.46. The number of anilines is 1. The number of hydrogen-bond donors (Lipinski definition) is 2. The largest absolute Gasteiger partial charge is 0.467 e. The van der Waals surface area contributed by atoms with Crippen LogP contribution in [0.5, 0.6) is 0 Å². The number of fused-ring (bicyclic) bond motifs is 1. The normalized spacial score (nSPS) is 14.3. The Morgan fingerprint density at radius 2 is 2.39 bits per heavy atom. The lowest BCUT2D eigenvalue weighted by atomic mass is 10.1. The standard InChI is InChI=1S/C12H13ClN4O/c13-12-16-10-3-4-14-7-9(10)11(17-12)15-6-8-2-1-5-18-8/h1-2,5,14H,3-4,6-7H2,(H,15,16,17). The maximum Gasteiger partial charge on any atom is 0.224 e. The van der Waals surface area contributed by atoms with Gasteiger partial charge in [0.05, 0.1) is 18.5 Å². The lowest BCUT2D eigenvalue weighted by molar-refractivity contribution is 0.517. The van der Waals surface area contributed by atoms with E-state index in [9.17, 15) is 0 Å². The third-order valence-electron chi connectivity index (χ3n) is 2.92.